The molecule has 0 aliphatic heterocycles. The highest BCUT2D eigenvalue weighted by Crippen LogP contribution is 2.17. The molecule has 0 bridgehead atoms. The van der Waals surface area contributed by atoms with Crippen LogP contribution >= 0.6 is 0 Å². The highest BCUT2D eigenvalue weighted by molar-refractivity contribution is 5.90. The second-order valence-electron chi connectivity index (χ2n) is 5.90. The molecule has 0 aliphatic carbocycles. The number of amides is 1. The van der Waals surface area contributed by atoms with Crippen molar-refractivity contribution in [3.8, 4) is 0 Å². The maximum absolute atomic E-state index is 12.5. The maximum Gasteiger partial charge on any atom is 0.293 e. The number of rotatable bonds is 4. The monoisotopic (exact) mass is 287 g/mol. The van der Waals surface area contributed by atoms with Gasteiger partial charge in [0.2, 0.25) is 5.82 Å². The Morgan fingerprint density at radius 1 is 1.33 bits per heavy atom. The zero-order valence-corrected chi connectivity index (χ0v) is 12.9. The Hall–Kier alpha value is -2.24. The molecule has 1 amide bonds. The Kier molecular flexibility index (Phi) is 4.35. The quantitative estimate of drug-likeness (QED) is 0.935. The van der Waals surface area contributed by atoms with Crippen molar-refractivity contribution >= 4 is 5.91 Å². The number of carbonyl (C=O) groups excluding carboxylic acids is 1. The molecule has 0 aliphatic rings. The summed E-state index contributed by atoms with van der Waals surface area (Å²) in [5.74, 6) is 0.729. The molecule has 1 N–H and O–H groups in total. The molecular formula is C15H21N5O. The van der Waals surface area contributed by atoms with Gasteiger partial charge >= 0.3 is 0 Å². The summed E-state index contributed by atoms with van der Waals surface area (Å²) in [5, 5.41) is 6.89. The second-order valence-corrected chi connectivity index (χ2v) is 5.90. The van der Waals surface area contributed by atoms with Gasteiger partial charge in [0.1, 0.15) is 5.82 Å². The third-order valence-electron chi connectivity index (χ3n) is 3.14. The molecule has 112 valence electrons. The Morgan fingerprint density at radius 3 is 2.62 bits per heavy atom. The van der Waals surface area contributed by atoms with Crippen LogP contribution in [0.2, 0.25) is 0 Å². The Morgan fingerprint density at radius 2 is 2.10 bits per heavy atom. The smallest absolute Gasteiger partial charge is 0.293 e. The molecule has 0 saturated carbocycles. The molecule has 0 spiro atoms. The number of nitrogens with one attached hydrogen (secondary N) is 1. The predicted octanol–water partition coefficient (Wildman–Crippen LogP) is 2.16. The van der Waals surface area contributed by atoms with Gasteiger partial charge in [-0.25, -0.2) is 4.98 Å². The van der Waals surface area contributed by atoms with E-state index >= 15 is 0 Å². The molecule has 2 rings (SSSR count). The Balaban J connectivity index is 2.15. The first-order valence-electron chi connectivity index (χ1n) is 7.04. The van der Waals surface area contributed by atoms with E-state index in [1.165, 1.54) is 0 Å². The lowest BCUT2D eigenvalue weighted by atomic mass is 9.96. The topological polar surface area (TPSA) is 74.8 Å². The van der Waals surface area contributed by atoms with Crippen LogP contribution in [0.5, 0.6) is 0 Å². The molecule has 0 unspecified atom stereocenters. The summed E-state index contributed by atoms with van der Waals surface area (Å²) < 4.78 is 0. The number of hydrogen-bond acceptors (Lipinski definition) is 4. The molecule has 0 radical (unpaired) electrons. The number of aromatic nitrogens is 4. The minimum Gasteiger partial charge on any atom is -0.330 e. The van der Waals surface area contributed by atoms with Gasteiger partial charge in [-0.05, 0) is 19.1 Å². The third kappa shape index (κ3) is 3.65. The highest BCUT2D eigenvalue weighted by atomic mass is 16.2. The van der Waals surface area contributed by atoms with E-state index in [4.69, 9.17) is 0 Å². The van der Waals surface area contributed by atoms with Crippen LogP contribution in [0.25, 0.3) is 0 Å². The van der Waals surface area contributed by atoms with Crippen molar-refractivity contribution in [1.82, 2.24) is 25.1 Å². The summed E-state index contributed by atoms with van der Waals surface area (Å²) in [4.78, 5) is 22.7. The van der Waals surface area contributed by atoms with E-state index in [1.54, 1.807) is 11.1 Å². The molecule has 6 heteroatoms. The van der Waals surface area contributed by atoms with E-state index in [0.29, 0.717) is 18.9 Å². The largest absolute Gasteiger partial charge is 0.330 e. The third-order valence-corrected chi connectivity index (χ3v) is 3.14. The minimum atomic E-state index is -0.185. The Labute approximate surface area is 124 Å². The van der Waals surface area contributed by atoms with Gasteiger partial charge in [-0.2, -0.15) is 0 Å². The van der Waals surface area contributed by atoms with Crippen LogP contribution in [0, 0.1) is 0 Å². The van der Waals surface area contributed by atoms with E-state index in [1.807, 2.05) is 45.9 Å². The predicted molar refractivity (Wildman–Crippen MR) is 79.7 cm³/mol. The average molecular weight is 287 g/mol. The summed E-state index contributed by atoms with van der Waals surface area (Å²) in [7, 11) is 0. The minimum absolute atomic E-state index is 0.163. The van der Waals surface area contributed by atoms with Crippen molar-refractivity contribution in [2.45, 2.75) is 39.7 Å². The van der Waals surface area contributed by atoms with Crippen molar-refractivity contribution in [2.24, 2.45) is 0 Å². The summed E-state index contributed by atoms with van der Waals surface area (Å²) >= 11 is 0. The van der Waals surface area contributed by atoms with Gasteiger partial charge in [0.25, 0.3) is 5.91 Å². The van der Waals surface area contributed by atoms with Crippen molar-refractivity contribution < 1.29 is 4.79 Å². The first-order valence-corrected chi connectivity index (χ1v) is 7.04. The second kappa shape index (κ2) is 6.03. The fraction of sp³-hybridized carbons (Fsp3) is 0.467. The summed E-state index contributed by atoms with van der Waals surface area (Å²) in [6, 6.07) is 5.66. The molecule has 0 aromatic carbocycles. The number of hydrogen-bond donors (Lipinski definition) is 1. The van der Waals surface area contributed by atoms with E-state index in [0.717, 1.165) is 5.69 Å². The van der Waals surface area contributed by atoms with E-state index in [-0.39, 0.29) is 17.1 Å². The van der Waals surface area contributed by atoms with Crippen LogP contribution in [0.15, 0.2) is 24.4 Å². The van der Waals surface area contributed by atoms with Crippen LogP contribution in [-0.4, -0.2) is 37.5 Å². The standard InChI is InChI=1S/C15H21N5O/c1-5-20(10-11-8-6-7-9-16-11)13(21)12-17-14(19-18-12)15(2,3)4/h6-9H,5,10H2,1-4H3,(H,17,18,19). The van der Waals surface area contributed by atoms with Gasteiger partial charge in [-0.1, -0.05) is 26.8 Å². The molecule has 0 saturated heterocycles. The first-order chi connectivity index (χ1) is 9.91. The summed E-state index contributed by atoms with van der Waals surface area (Å²) in [5.41, 5.74) is 0.683. The van der Waals surface area contributed by atoms with E-state index in [2.05, 4.69) is 20.2 Å². The zero-order valence-electron chi connectivity index (χ0n) is 12.9. The van der Waals surface area contributed by atoms with Crippen LogP contribution in [0.3, 0.4) is 0 Å². The fourth-order valence-electron chi connectivity index (χ4n) is 1.85. The van der Waals surface area contributed by atoms with Gasteiger partial charge in [0.15, 0.2) is 0 Å². The lowest BCUT2D eigenvalue weighted by molar-refractivity contribution is 0.0738. The number of carbonyl (C=O) groups is 1. The Bertz CT molecular complexity index is 600. The molecule has 0 fully saturated rings. The first kappa shape index (κ1) is 15.2. The SMILES string of the molecule is CCN(Cc1ccccn1)C(=O)c1n[nH]c(C(C)(C)C)n1. The summed E-state index contributed by atoms with van der Waals surface area (Å²) in [6.45, 7) is 9.02. The van der Waals surface area contributed by atoms with Crippen molar-refractivity contribution in [3.63, 3.8) is 0 Å². The van der Waals surface area contributed by atoms with Gasteiger partial charge < -0.3 is 4.90 Å². The number of aromatic amines is 1. The number of nitrogens with zero attached hydrogens (tertiary/aromatic N) is 4. The fourth-order valence-corrected chi connectivity index (χ4v) is 1.85. The lowest BCUT2D eigenvalue weighted by Gasteiger charge is -2.18. The van der Waals surface area contributed by atoms with Crippen molar-refractivity contribution in [3.05, 3.63) is 41.7 Å². The highest BCUT2D eigenvalue weighted by Gasteiger charge is 2.24. The molecule has 2 aromatic rings. The van der Waals surface area contributed by atoms with Crippen LogP contribution in [0.4, 0.5) is 0 Å². The summed E-state index contributed by atoms with van der Waals surface area (Å²) in [6.07, 6.45) is 1.72. The maximum atomic E-state index is 12.5. The van der Waals surface area contributed by atoms with Gasteiger partial charge in [0.05, 0.1) is 12.2 Å². The molecular weight excluding hydrogens is 266 g/mol. The van der Waals surface area contributed by atoms with Crippen LogP contribution in [0.1, 0.15) is 49.8 Å². The molecule has 21 heavy (non-hydrogen) atoms. The van der Waals surface area contributed by atoms with Crippen LogP contribution < -0.4 is 0 Å². The number of pyridine rings is 1. The zero-order chi connectivity index (χ0) is 15.5. The van der Waals surface area contributed by atoms with E-state index < -0.39 is 0 Å². The van der Waals surface area contributed by atoms with Crippen molar-refractivity contribution in [1.29, 1.82) is 0 Å². The molecule has 0 atom stereocenters. The van der Waals surface area contributed by atoms with E-state index in [9.17, 15) is 4.79 Å². The average Bonchev–Trinajstić information content (AvgIpc) is 2.95. The van der Waals surface area contributed by atoms with Crippen molar-refractivity contribution in [2.75, 3.05) is 6.54 Å². The number of H-pyrrole nitrogens is 1. The van der Waals surface area contributed by atoms with Gasteiger partial charge in [0, 0.05) is 18.2 Å². The lowest BCUT2D eigenvalue weighted by Crippen LogP contribution is -2.31. The van der Waals surface area contributed by atoms with Gasteiger partial charge in [-0.15, -0.1) is 5.10 Å². The van der Waals surface area contributed by atoms with Gasteiger partial charge in [-0.3, -0.25) is 14.9 Å². The van der Waals surface area contributed by atoms with Crippen LogP contribution in [-0.2, 0) is 12.0 Å². The molecule has 2 aromatic heterocycles. The molecule has 2 heterocycles. The normalized spacial score (nSPS) is 11.4. The molecule has 6 nitrogen and oxygen atoms in total.